The molecule has 0 heterocycles. The summed E-state index contributed by atoms with van der Waals surface area (Å²) in [6.45, 7) is 6.74. The summed E-state index contributed by atoms with van der Waals surface area (Å²) < 4.78 is 0. The molecule has 0 radical (unpaired) electrons. The highest BCUT2D eigenvalue weighted by molar-refractivity contribution is 5.81. The maximum absolute atomic E-state index is 12.0. The SMILES string of the molecule is Cc1ccc(NCC(=O)N[C@H]2CCCC[C@@H]2C)c(C)c1. The third kappa shape index (κ3) is 3.99. The molecule has 1 aromatic carbocycles. The van der Waals surface area contributed by atoms with Crippen LogP contribution in [0.25, 0.3) is 0 Å². The number of carbonyl (C=O) groups excluding carboxylic acids is 1. The van der Waals surface area contributed by atoms with Crippen molar-refractivity contribution in [3.63, 3.8) is 0 Å². The molecule has 0 bridgehead atoms. The molecule has 110 valence electrons. The van der Waals surface area contributed by atoms with Gasteiger partial charge in [-0.05, 0) is 44.2 Å². The van der Waals surface area contributed by atoms with Gasteiger partial charge in [0, 0.05) is 11.7 Å². The zero-order chi connectivity index (χ0) is 14.5. The Balaban J connectivity index is 1.82. The number of hydrogen-bond donors (Lipinski definition) is 2. The van der Waals surface area contributed by atoms with E-state index >= 15 is 0 Å². The molecular formula is C17H26N2O. The topological polar surface area (TPSA) is 41.1 Å². The standard InChI is InChI=1S/C17H26N2O/c1-12-8-9-15(14(3)10-12)18-11-17(20)19-16-7-5-4-6-13(16)2/h8-10,13,16,18H,4-7,11H2,1-3H3,(H,19,20)/t13-,16-/m0/s1. The number of hydrogen-bond acceptors (Lipinski definition) is 2. The van der Waals surface area contributed by atoms with Gasteiger partial charge in [0.2, 0.25) is 5.91 Å². The van der Waals surface area contributed by atoms with Crippen LogP contribution in [0.1, 0.15) is 43.7 Å². The van der Waals surface area contributed by atoms with Crippen molar-refractivity contribution in [2.75, 3.05) is 11.9 Å². The minimum atomic E-state index is 0.101. The van der Waals surface area contributed by atoms with Crippen LogP contribution in [0.4, 0.5) is 5.69 Å². The summed E-state index contributed by atoms with van der Waals surface area (Å²) in [4.78, 5) is 12.0. The summed E-state index contributed by atoms with van der Waals surface area (Å²) in [6.07, 6.45) is 4.89. The Kier molecular flexibility index (Phi) is 5.05. The zero-order valence-electron chi connectivity index (χ0n) is 12.8. The fourth-order valence-electron chi connectivity index (χ4n) is 2.98. The summed E-state index contributed by atoms with van der Waals surface area (Å²) in [7, 11) is 0. The zero-order valence-corrected chi connectivity index (χ0v) is 12.8. The smallest absolute Gasteiger partial charge is 0.239 e. The van der Waals surface area contributed by atoms with E-state index in [9.17, 15) is 4.79 Å². The second-order valence-electron chi connectivity index (χ2n) is 6.11. The van der Waals surface area contributed by atoms with E-state index in [1.165, 1.54) is 30.4 Å². The Bertz CT molecular complexity index is 470. The van der Waals surface area contributed by atoms with Gasteiger partial charge in [-0.2, -0.15) is 0 Å². The van der Waals surface area contributed by atoms with Gasteiger partial charge < -0.3 is 10.6 Å². The molecular weight excluding hydrogens is 248 g/mol. The van der Waals surface area contributed by atoms with Gasteiger partial charge in [-0.15, -0.1) is 0 Å². The van der Waals surface area contributed by atoms with E-state index in [1.54, 1.807) is 0 Å². The number of amides is 1. The molecule has 3 nitrogen and oxygen atoms in total. The fourth-order valence-corrected chi connectivity index (χ4v) is 2.98. The Labute approximate surface area is 122 Å². The first kappa shape index (κ1) is 14.9. The summed E-state index contributed by atoms with van der Waals surface area (Å²) in [5.41, 5.74) is 3.47. The lowest BCUT2D eigenvalue weighted by atomic mass is 9.86. The lowest BCUT2D eigenvalue weighted by molar-refractivity contribution is -0.120. The van der Waals surface area contributed by atoms with Crippen LogP contribution < -0.4 is 10.6 Å². The van der Waals surface area contributed by atoms with E-state index in [4.69, 9.17) is 0 Å². The molecule has 1 aliphatic rings. The Morgan fingerprint density at radius 2 is 2.00 bits per heavy atom. The van der Waals surface area contributed by atoms with Gasteiger partial charge in [-0.1, -0.05) is 37.5 Å². The molecule has 1 fully saturated rings. The molecule has 2 rings (SSSR count). The number of aryl methyl sites for hydroxylation is 2. The minimum absolute atomic E-state index is 0.101. The van der Waals surface area contributed by atoms with Crippen LogP contribution in [0.3, 0.4) is 0 Å². The second kappa shape index (κ2) is 6.78. The van der Waals surface area contributed by atoms with Gasteiger partial charge >= 0.3 is 0 Å². The molecule has 1 amide bonds. The van der Waals surface area contributed by atoms with Gasteiger partial charge in [0.25, 0.3) is 0 Å². The molecule has 2 N–H and O–H groups in total. The molecule has 0 unspecified atom stereocenters. The Morgan fingerprint density at radius 3 is 2.70 bits per heavy atom. The van der Waals surface area contributed by atoms with Crippen molar-refractivity contribution >= 4 is 11.6 Å². The third-order valence-corrected chi connectivity index (χ3v) is 4.28. The molecule has 3 heteroatoms. The molecule has 1 aromatic rings. The highest BCUT2D eigenvalue weighted by Crippen LogP contribution is 2.23. The van der Waals surface area contributed by atoms with Crippen molar-refractivity contribution in [3.05, 3.63) is 29.3 Å². The number of benzene rings is 1. The summed E-state index contributed by atoms with van der Waals surface area (Å²) >= 11 is 0. The normalized spacial score (nSPS) is 22.4. The monoisotopic (exact) mass is 274 g/mol. The molecule has 1 saturated carbocycles. The Hall–Kier alpha value is -1.51. The highest BCUT2D eigenvalue weighted by atomic mass is 16.1. The predicted molar refractivity (Wildman–Crippen MR) is 84.0 cm³/mol. The van der Waals surface area contributed by atoms with E-state index in [0.29, 0.717) is 18.5 Å². The quantitative estimate of drug-likeness (QED) is 0.883. The average molecular weight is 274 g/mol. The van der Waals surface area contributed by atoms with Crippen LogP contribution in [-0.4, -0.2) is 18.5 Å². The second-order valence-corrected chi connectivity index (χ2v) is 6.11. The van der Waals surface area contributed by atoms with Gasteiger partial charge in [0.05, 0.1) is 6.54 Å². The maximum atomic E-state index is 12.0. The average Bonchev–Trinajstić information content (AvgIpc) is 2.40. The van der Waals surface area contributed by atoms with Gasteiger partial charge in [-0.3, -0.25) is 4.79 Å². The molecule has 0 aromatic heterocycles. The largest absolute Gasteiger partial charge is 0.376 e. The van der Waals surface area contributed by atoms with Crippen molar-refractivity contribution in [2.45, 2.75) is 52.5 Å². The van der Waals surface area contributed by atoms with Crippen LogP contribution in [0, 0.1) is 19.8 Å². The first-order valence-corrected chi connectivity index (χ1v) is 7.67. The van der Waals surface area contributed by atoms with Crippen LogP contribution in [-0.2, 0) is 4.79 Å². The van der Waals surface area contributed by atoms with Crippen molar-refractivity contribution in [1.29, 1.82) is 0 Å². The van der Waals surface area contributed by atoms with Gasteiger partial charge in [0.1, 0.15) is 0 Å². The van der Waals surface area contributed by atoms with Crippen molar-refractivity contribution in [3.8, 4) is 0 Å². The number of rotatable bonds is 4. The first-order chi connectivity index (χ1) is 9.56. The van der Waals surface area contributed by atoms with Crippen molar-refractivity contribution in [1.82, 2.24) is 5.32 Å². The fraction of sp³-hybridized carbons (Fsp3) is 0.588. The van der Waals surface area contributed by atoms with E-state index in [2.05, 4.69) is 43.5 Å². The van der Waals surface area contributed by atoms with Gasteiger partial charge in [0.15, 0.2) is 0 Å². The van der Waals surface area contributed by atoms with E-state index in [-0.39, 0.29) is 5.91 Å². The first-order valence-electron chi connectivity index (χ1n) is 7.67. The molecule has 0 aliphatic heterocycles. The molecule has 1 aliphatic carbocycles. The highest BCUT2D eigenvalue weighted by Gasteiger charge is 2.22. The predicted octanol–water partition coefficient (Wildman–Crippen LogP) is 3.41. The van der Waals surface area contributed by atoms with Crippen molar-refractivity contribution in [2.24, 2.45) is 5.92 Å². The summed E-state index contributed by atoms with van der Waals surface area (Å²) in [5.74, 6) is 0.706. The molecule has 2 atom stereocenters. The molecule has 0 spiro atoms. The number of nitrogens with one attached hydrogen (secondary N) is 2. The maximum Gasteiger partial charge on any atom is 0.239 e. The van der Waals surface area contributed by atoms with Gasteiger partial charge in [-0.25, -0.2) is 0 Å². The lowest BCUT2D eigenvalue weighted by Gasteiger charge is -2.29. The third-order valence-electron chi connectivity index (χ3n) is 4.28. The Morgan fingerprint density at radius 1 is 1.25 bits per heavy atom. The molecule has 0 saturated heterocycles. The van der Waals surface area contributed by atoms with Crippen LogP contribution >= 0.6 is 0 Å². The van der Waals surface area contributed by atoms with Crippen molar-refractivity contribution < 1.29 is 4.79 Å². The number of anilines is 1. The van der Waals surface area contributed by atoms with E-state index < -0.39 is 0 Å². The minimum Gasteiger partial charge on any atom is -0.376 e. The van der Waals surface area contributed by atoms with Crippen LogP contribution in [0.5, 0.6) is 0 Å². The van der Waals surface area contributed by atoms with Crippen LogP contribution in [0.2, 0.25) is 0 Å². The summed E-state index contributed by atoms with van der Waals surface area (Å²) in [5, 5.41) is 6.40. The van der Waals surface area contributed by atoms with E-state index in [0.717, 1.165) is 12.1 Å². The van der Waals surface area contributed by atoms with Crippen LogP contribution in [0.15, 0.2) is 18.2 Å². The summed E-state index contributed by atoms with van der Waals surface area (Å²) in [6, 6.07) is 6.60. The molecule has 20 heavy (non-hydrogen) atoms. The lowest BCUT2D eigenvalue weighted by Crippen LogP contribution is -2.43. The number of carbonyl (C=O) groups is 1. The van der Waals surface area contributed by atoms with E-state index in [1.807, 2.05) is 6.07 Å².